The van der Waals surface area contributed by atoms with Crippen molar-refractivity contribution in [3.05, 3.63) is 28.8 Å². The van der Waals surface area contributed by atoms with Crippen molar-refractivity contribution in [1.82, 2.24) is 19.5 Å². The first-order valence-corrected chi connectivity index (χ1v) is 11.1. The fourth-order valence-corrected chi connectivity index (χ4v) is 4.87. The molecule has 0 radical (unpaired) electrons. The van der Waals surface area contributed by atoms with Crippen molar-refractivity contribution >= 4 is 56.5 Å². The molecule has 1 aromatic carbocycles. The van der Waals surface area contributed by atoms with E-state index in [0.717, 1.165) is 66.8 Å². The van der Waals surface area contributed by atoms with E-state index in [1.807, 2.05) is 25.1 Å². The van der Waals surface area contributed by atoms with Crippen molar-refractivity contribution in [2.24, 2.45) is 0 Å². The predicted octanol–water partition coefficient (Wildman–Crippen LogP) is 3.26. The van der Waals surface area contributed by atoms with Gasteiger partial charge in [0, 0.05) is 26.2 Å². The highest BCUT2D eigenvalue weighted by Crippen LogP contribution is 2.32. The monoisotopic (exact) mass is 469 g/mol. The average molecular weight is 470 g/mol. The summed E-state index contributed by atoms with van der Waals surface area (Å²) >= 11 is 2.63. The number of aromatic nitrogens is 3. The minimum atomic E-state index is -0.0921. The van der Waals surface area contributed by atoms with Crippen molar-refractivity contribution in [2.45, 2.75) is 13.3 Å². The number of fused-ring (bicyclic) bond motifs is 1. The molecule has 11 heteroatoms. The number of morpholine rings is 1. The summed E-state index contributed by atoms with van der Waals surface area (Å²) in [5, 5.41) is 4.69. The van der Waals surface area contributed by atoms with Crippen molar-refractivity contribution in [3.8, 4) is 5.75 Å². The van der Waals surface area contributed by atoms with Crippen LogP contribution < -0.4 is 9.64 Å². The van der Waals surface area contributed by atoms with Gasteiger partial charge in [0.2, 0.25) is 0 Å². The summed E-state index contributed by atoms with van der Waals surface area (Å²) < 4.78 is 15.6. The van der Waals surface area contributed by atoms with Gasteiger partial charge in [-0.25, -0.2) is 4.98 Å². The molecule has 162 valence electrons. The van der Waals surface area contributed by atoms with E-state index in [9.17, 15) is 4.79 Å². The summed E-state index contributed by atoms with van der Waals surface area (Å²) in [6.07, 6.45) is 0.857. The van der Waals surface area contributed by atoms with Crippen molar-refractivity contribution in [2.75, 3.05) is 51.4 Å². The van der Waals surface area contributed by atoms with Gasteiger partial charge in [-0.1, -0.05) is 15.8 Å². The van der Waals surface area contributed by atoms with Crippen LogP contribution in [0.4, 0.5) is 5.13 Å². The molecule has 1 fully saturated rings. The van der Waals surface area contributed by atoms with E-state index >= 15 is 0 Å². The van der Waals surface area contributed by atoms with Crippen LogP contribution in [0.1, 0.15) is 21.8 Å². The third-order valence-electron chi connectivity index (χ3n) is 4.87. The van der Waals surface area contributed by atoms with E-state index in [4.69, 9.17) is 14.5 Å². The molecule has 2 aromatic heterocycles. The Morgan fingerprint density at radius 3 is 2.83 bits per heavy atom. The van der Waals surface area contributed by atoms with E-state index in [1.165, 1.54) is 11.3 Å². The minimum Gasteiger partial charge on any atom is -0.497 e. The van der Waals surface area contributed by atoms with Crippen LogP contribution in [0.3, 0.4) is 0 Å². The van der Waals surface area contributed by atoms with Crippen molar-refractivity contribution in [1.29, 1.82) is 0 Å². The van der Waals surface area contributed by atoms with Crippen LogP contribution in [0.5, 0.6) is 5.75 Å². The maximum atomic E-state index is 13.3. The SMILES string of the molecule is COc1ccc2nc(N(CCCN3CCOCC3)C(=O)c3snnc3C)sc2c1.Cl. The molecule has 1 aliphatic heterocycles. The summed E-state index contributed by atoms with van der Waals surface area (Å²) in [6, 6.07) is 5.75. The molecule has 0 atom stereocenters. The van der Waals surface area contributed by atoms with Gasteiger partial charge in [-0.05, 0) is 43.1 Å². The molecule has 4 rings (SSSR count). The van der Waals surface area contributed by atoms with Gasteiger partial charge < -0.3 is 9.47 Å². The molecule has 1 amide bonds. The van der Waals surface area contributed by atoms with Crippen LogP contribution in [-0.4, -0.2) is 71.9 Å². The number of benzene rings is 1. The molecule has 0 N–H and O–H groups in total. The lowest BCUT2D eigenvalue weighted by atomic mass is 10.3. The highest BCUT2D eigenvalue weighted by Gasteiger charge is 2.25. The number of aryl methyl sites for hydroxylation is 1. The fraction of sp³-hybridized carbons (Fsp3) is 0.474. The molecule has 3 heterocycles. The lowest BCUT2D eigenvalue weighted by Gasteiger charge is -2.27. The Morgan fingerprint density at radius 2 is 2.13 bits per heavy atom. The smallest absolute Gasteiger partial charge is 0.273 e. The summed E-state index contributed by atoms with van der Waals surface area (Å²) in [4.78, 5) is 22.7. The van der Waals surface area contributed by atoms with Gasteiger partial charge in [-0.2, -0.15) is 0 Å². The fourth-order valence-electron chi connectivity index (χ4n) is 3.25. The van der Waals surface area contributed by atoms with Crippen LogP contribution in [-0.2, 0) is 4.74 Å². The number of carbonyl (C=O) groups excluding carboxylic acids is 1. The Labute approximate surface area is 189 Å². The second kappa shape index (κ2) is 10.5. The molecule has 8 nitrogen and oxygen atoms in total. The van der Waals surface area contributed by atoms with E-state index in [1.54, 1.807) is 12.0 Å². The van der Waals surface area contributed by atoms with E-state index < -0.39 is 0 Å². The number of halogens is 1. The van der Waals surface area contributed by atoms with Crippen molar-refractivity contribution < 1.29 is 14.3 Å². The summed E-state index contributed by atoms with van der Waals surface area (Å²) in [7, 11) is 1.64. The Morgan fingerprint density at radius 1 is 1.33 bits per heavy atom. The maximum Gasteiger partial charge on any atom is 0.273 e. The van der Waals surface area contributed by atoms with E-state index in [0.29, 0.717) is 22.2 Å². The Kier molecular flexibility index (Phi) is 7.95. The zero-order valence-corrected chi connectivity index (χ0v) is 19.3. The first-order valence-electron chi connectivity index (χ1n) is 9.51. The molecule has 1 saturated heterocycles. The molecular weight excluding hydrogens is 446 g/mol. The lowest BCUT2D eigenvalue weighted by Crippen LogP contribution is -2.39. The molecule has 0 aliphatic carbocycles. The number of amides is 1. The summed E-state index contributed by atoms with van der Waals surface area (Å²) in [5.74, 6) is 0.686. The number of ether oxygens (including phenoxy) is 2. The number of hydrogen-bond acceptors (Lipinski definition) is 9. The highest BCUT2D eigenvalue weighted by molar-refractivity contribution is 7.22. The Bertz CT molecular complexity index is 990. The zero-order chi connectivity index (χ0) is 20.2. The van der Waals surface area contributed by atoms with E-state index in [-0.39, 0.29) is 18.3 Å². The topological polar surface area (TPSA) is 80.7 Å². The summed E-state index contributed by atoms with van der Waals surface area (Å²) in [6.45, 7) is 6.74. The van der Waals surface area contributed by atoms with Crippen molar-refractivity contribution in [3.63, 3.8) is 0 Å². The van der Waals surface area contributed by atoms with Crippen LogP contribution in [0, 0.1) is 6.92 Å². The van der Waals surface area contributed by atoms with Gasteiger partial charge in [0.25, 0.3) is 5.91 Å². The Balaban J connectivity index is 0.00000256. The van der Waals surface area contributed by atoms with Crippen LogP contribution in [0.15, 0.2) is 18.2 Å². The molecule has 3 aromatic rings. The second-order valence-electron chi connectivity index (χ2n) is 6.78. The number of thiazole rings is 1. The van der Waals surface area contributed by atoms with Crippen LogP contribution in [0.2, 0.25) is 0 Å². The number of hydrogen-bond donors (Lipinski definition) is 0. The first kappa shape index (κ1) is 22.8. The zero-order valence-electron chi connectivity index (χ0n) is 16.9. The number of nitrogens with zero attached hydrogens (tertiary/aromatic N) is 5. The van der Waals surface area contributed by atoms with Gasteiger partial charge >= 0.3 is 0 Å². The van der Waals surface area contributed by atoms with Gasteiger partial charge in [0.1, 0.15) is 10.6 Å². The highest BCUT2D eigenvalue weighted by atomic mass is 35.5. The van der Waals surface area contributed by atoms with Crippen LogP contribution in [0.25, 0.3) is 10.2 Å². The third-order valence-corrected chi connectivity index (χ3v) is 6.72. The van der Waals surface area contributed by atoms with Gasteiger partial charge in [0.05, 0.1) is 36.2 Å². The minimum absolute atomic E-state index is 0. The van der Waals surface area contributed by atoms with Gasteiger partial charge in [0.15, 0.2) is 5.13 Å². The molecule has 30 heavy (non-hydrogen) atoms. The third kappa shape index (κ3) is 5.06. The molecule has 0 unspecified atom stereocenters. The normalized spacial score (nSPS) is 14.5. The number of anilines is 1. The molecule has 0 bridgehead atoms. The molecule has 0 saturated carbocycles. The maximum absolute atomic E-state index is 13.3. The molecule has 0 spiro atoms. The van der Waals surface area contributed by atoms with Gasteiger partial charge in [-0.3, -0.25) is 14.6 Å². The first-order chi connectivity index (χ1) is 14.2. The van der Waals surface area contributed by atoms with E-state index in [2.05, 4.69) is 14.5 Å². The quantitative estimate of drug-likeness (QED) is 0.525. The molecular formula is C19H24ClN5O3S2. The predicted molar refractivity (Wildman–Crippen MR) is 122 cm³/mol. The number of rotatable bonds is 7. The summed E-state index contributed by atoms with van der Waals surface area (Å²) in [5.41, 5.74) is 1.51. The number of carbonyl (C=O) groups is 1. The average Bonchev–Trinajstić information content (AvgIpc) is 3.36. The van der Waals surface area contributed by atoms with Crippen LogP contribution >= 0.6 is 35.3 Å². The molecule has 1 aliphatic rings. The lowest BCUT2D eigenvalue weighted by molar-refractivity contribution is 0.0376. The standard InChI is InChI=1S/C19H23N5O3S2.ClH/c1-13-17(29-22-21-13)18(25)24(7-3-6-23-8-10-27-11-9-23)19-20-15-5-4-14(26-2)12-16(15)28-19;/h4-5,12H,3,6-11H2,1-2H3;1H. The van der Waals surface area contributed by atoms with Gasteiger partial charge in [-0.15, -0.1) is 17.5 Å². The second-order valence-corrected chi connectivity index (χ2v) is 8.55. The largest absolute Gasteiger partial charge is 0.497 e. The Hall–Kier alpha value is -1.85. The number of methoxy groups -OCH3 is 1.